The molecule has 2 aromatic heterocycles. The summed E-state index contributed by atoms with van der Waals surface area (Å²) in [6.45, 7) is 2.50. The minimum absolute atomic E-state index is 0.167. The van der Waals surface area contributed by atoms with Crippen LogP contribution in [-0.2, 0) is 6.54 Å². The van der Waals surface area contributed by atoms with Gasteiger partial charge in [0.15, 0.2) is 16.6 Å². The lowest BCUT2D eigenvalue weighted by atomic mass is 10.1. The van der Waals surface area contributed by atoms with Crippen molar-refractivity contribution in [3.8, 4) is 11.5 Å². The summed E-state index contributed by atoms with van der Waals surface area (Å²) >= 11 is 1.49. The van der Waals surface area contributed by atoms with Gasteiger partial charge in [0.25, 0.3) is 5.91 Å². The van der Waals surface area contributed by atoms with E-state index < -0.39 is 0 Å². The van der Waals surface area contributed by atoms with Crippen molar-refractivity contribution in [3.63, 3.8) is 0 Å². The minimum atomic E-state index is -0.175. The molecule has 0 radical (unpaired) electrons. The van der Waals surface area contributed by atoms with E-state index >= 15 is 0 Å². The van der Waals surface area contributed by atoms with E-state index in [0.29, 0.717) is 34.5 Å². The van der Waals surface area contributed by atoms with E-state index in [1.807, 2.05) is 25.1 Å². The molecule has 0 aliphatic carbocycles. The van der Waals surface area contributed by atoms with Crippen molar-refractivity contribution < 1.29 is 18.7 Å². The smallest absolute Gasteiger partial charge is 0.260 e. The second-order valence-corrected chi connectivity index (χ2v) is 7.52. The first-order chi connectivity index (χ1) is 13.7. The maximum absolute atomic E-state index is 13.4. The van der Waals surface area contributed by atoms with E-state index in [1.165, 1.54) is 11.3 Å². The predicted octanol–water partition coefficient (Wildman–Crippen LogP) is 4.77. The number of carbonyl (C=O) groups is 1. The molecule has 1 aliphatic heterocycles. The van der Waals surface area contributed by atoms with E-state index in [0.717, 1.165) is 15.8 Å². The molecule has 2 aromatic carbocycles. The number of thiazole rings is 1. The largest absolute Gasteiger partial charge is 0.467 e. The zero-order valence-electron chi connectivity index (χ0n) is 15.0. The van der Waals surface area contributed by atoms with Crippen molar-refractivity contribution in [1.82, 2.24) is 4.98 Å². The Morgan fingerprint density at radius 3 is 2.89 bits per heavy atom. The number of hydrogen-bond donors (Lipinski definition) is 0. The van der Waals surface area contributed by atoms with Gasteiger partial charge in [0, 0.05) is 5.56 Å². The van der Waals surface area contributed by atoms with Crippen molar-refractivity contribution in [1.29, 1.82) is 0 Å². The molecule has 0 spiro atoms. The van der Waals surface area contributed by atoms with Gasteiger partial charge in [-0.2, -0.15) is 0 Å². The molecule has 28 heavy (non-hydrogen) atoms. The second kappa shape index (κ2) is 6.69. The summed E-state index contributed by atoms with van der Waals surface area (Å²) in [5.74, 6) is 1.73. The normalized spacial score (nSPS) is 12.5. The molecule has 0 unspecified atom stereocenters. The van der Waals surface area contributed by atoms with Crippen LogP contribution in [0.25, 0.3) is 10.2 Å². The molecule has 1 aliphatic rings. The van der Waals surface area contributed by atoms with Gasteiger partial charge in [0.2, 0.25) is 6.79 Å². The number of aromatic nitrogens is 1. The number of benzene rings is 2. The molecule has 4 aromatic rings. The van der Waals surface area contributed by atoms with Gasteiger partial charge >= 0.3 is 0 Å². The van der Waals surface area contributed by atoms with Crippen LogP contribution in [0.4, 0.5) is 5.13 Å². The third kappa shape index (κ3) is 2.99. The van der Waals surface area contributed by atoms with E-state index in [4.69, 9.17) is 13.9 Å². The number of fused-ring (bicyclic) bond motifs is 2. The number of nitrogens with zero attached hydrogens (tertiary/aromatic N) is 2. The molecule has 0 saturated carbocycles. The first kappa shape index (κ1) is 16.8. The summed E-state index contributed by atoms with van der Waals surface area (Å²) in [4.78, 5) is 19.7. The zero-order valence-corrected chi connectivity index (χ0v) is 15.9. The highest BCUT2D eigenvalue weighted by molar-refractivity contribution is 7.22. The Balaban J connectivity index is 1.56. The Kier molecular flexibility index (Phi) is 4.02. The Morgan fingerprint density at radius 2 is 2.04 bits per heavy atom. The topological polar surface area (TPSA) is 64.8 Å². The molecule has 140 valence electrons. The van der Waals surface area contributed by atoms with Crippen LogP contribution in [0.5, 0.6) is 11.5 Å². The number of anilines is 1. The SMILES string of the molecule is Cc1ccc2nc(N(Cc3ccco3)C(=O)c3ccc4c(c3)OCO4)sc2c1. The van der Waals surface area contributed by atoms with Gasteiger partial charge in [-0.25, -0.2) is 4.98 Å². The maximum Gasteiger partial charge on any atom is 0.260 e. The van der Waals surface area contributed by atoms with Gasteiger partial charge in [0.1, 0.15) is 5.76 Å². The molecule has 6 nitrogen and oxygen atoms in total. The number of ether oxygens (including phenoxy) is 2. The molecular formula is C21H16N2O4S. The monoisotopic (exact) mass is 392 g/mol. The molecule has 0 bridgehead atoms. The van der Waals surface area contributed by atoms with Crippen LogP contribution in [0, 0.1) is 6.92 Å². The molecule has 0 saturated heterocycles. The fourth-order valence-corrected chi connectivity index (χ4v) is 4.17. The Labute approximate surface area is 164 Å². The number of aryl methyl sites for hydroxylation is 1. The highest BCUT2D eigenvalue weighted by Crippen LogP contribution is 2.35. The van der Waals surface area contributed by atoms with Gasteiger partial charge in [-0.3, -0.25) is 9.69 Å². The van der Waals surface area contributed by atoms with Crippen molar-refractivity contribution in [2.45, 2.75) is 13.5 Å². The molecule has 3 heterocycles. The molecular weight excluding hydrogens is 376 g/mol. The van der Waals surface area contributed by atoms with Crippen molar-refractivity contribution >= 4 is 32.6 Å². The van der Waals surface area contributed by atoms with Gasteiger partial charge < -0.3 is 13.9 Å². The van der Waals surface area contributed by atoms with Gasteiger partial charge in [-0.05, 0) is 55.0 Å². The van der Waals surface area contributed by atoms with Crippen LogP contribution >= 0.6 is 11.3 Å². The second-order valence-electron chi connectivity index (χ2n) is 6.51. The standard InChI is InChI=1S/C21H16N2O4S/c1-13-4-6-16-19(9-13)28-21(22-16)23(11-15-3-2-8-25-15)20(24)14-5-7-17-18(10-14)27-12-26-17/h2-10H,11-12H2,1H3. The third-order valence-corrected chi connectivity index (χ3v) is 5.56. The predicted molar refractivity (Wildman–Crippen MR) is 106 cm³/mol. The lowest BCUT2D eigenvalue weighted by Gasteiger charge is -2.19. The Bertz CT molecular complexity index is 1170. The highest BCUT2D eigenvalue weighted by Gasteiger charge is 2.25. The van der Waals surface area contributed by atoms with Gasteiger partial charge in [-0.1, -0.05) is 17.4 Å². The number of amides is 1. The first-order valence-electron chi connectivity index (χ1n) is 8.78. The summed E-state index contributed by atoms with van der Waals surface area (Å²) < 4.78 is 17.3. The third-order valence-electron chi connectivity index (χ3n) is 4.52. The molecule has 0 fully saturated rings. The van der Waals surface area contributed by atoms with E-state index in [2.05, 4.69) is 11.1 Å². The van der Waals surface area contributed by atoms with Crippen LogP contribution in [0.1, 0.15) is 21.7 Å². The van der Waals surface area contributed by atoms with E-state index in [9.17, 15) is 4.79 Å². The molecule has 1 amide bonds. The average Bonchev–Trinajstić information content (AvgIpc) is 3.44. The molecule has 0 atom stereocenters. The fraction of sp³-hybridized carbons (Fsp3) is 0.143. The number of rotatable bonds is 4. The van der Waals surface area contributed by atoms with Crippen molar-refractivity contribution in [2.24, 2.45) is 0 Å². The average molecular weight is 392 g/mol. The van der Waals surface area contributed by atoms with Crippen LogP contribution in [-0.4, -0.2) is 17.7 Å². The number of hydrogen-bond acceptors (Lipinski definition) is 6. The molecule has 7 heteroatoms. The summed E-state index contributed by atoms with van der Waals surface area (Å²) in [6.07, 6.45) is 1.60. The summed E-state index contributed by atoms with van der Waals surface area (Å²) in [5.41, 5.74) is 2.53. The lowest BCUT2D eigenvalue weighted by molar-refractivity contribution is 0.0983. The molecule has 5 rings (SSSR count). The van der Waals surface area contributed by atoms with Crippen molar-refractivity contribution in [3.05, 3.63) is 71.7 Å². The van der Waals surface area contributed by atoms with E-state index in [1.54, 1.807) is 35.4 Å². The minimum Gasteiger partial charge on any atom is -0.467 e. The quantitative estimate of drug-likeness (QED) is 0.500. The van der Waals surface area contributed by atoms with Gasteiger partial charge in [0.05, 0.1) is 23.0 Å². The Morgan fingerprint density at radius 1 is 1.14 bits per heavy atom. The van der Waals surface area contributed by atoms with Crippen LogP contribution in [0.3, 0.4) is 0 Å². The Hall–Kier alpha value is -3.32. The fourth-order valence-electron chi connectivity index (χ4n) is 3.11. The zero-order chi connectivity index (χ0) is 19.1. The highest BCUT2D eigenvalue weighted by atomic mass is 32.1. The van der Waals surface area contributed by atoms with E-state index in [-0.39, 0.29) is 12.7 Å². The summed E-state index contributed by atoms with van der Waals surface area (Å²) in [6, 6.07) is 14.9. The number of furan rings is 1. The van der Waals surface area contributed by atoms with Gasteiger partial charge in [-0.15, -0.1) is 0 Å². The van der Waals surface area contributed by atoms with Crippen LogP contribution in [0.15, 0.2) is 59.2 Å². The maximum atomic E-state index is 13.4. The van der Waals surface area contributed by atoms with Crippen molar-refractivity contribution in [2.75, 3.05) is 11.7 Å². The molecule has 0 N–H and O–H groups in total. The number of carbonyl (C=O) groups excluding carboxylic acids is 1. The first-order valence-corrected chi connectivity index (χ1v) is 9.60. The lowest BCUT2D eigenvalue weighted by Crippen LogP contribution is -2.30. The van der Waals surface area contributed by atoms with Crippen LogP contribution < -0.4 is 14.4 Å². The summed E-state index contributed by atoms with van der Waals surface area (Å²) in [5, 5.41) is 0.625. The summed E-state index contributed by atoms with van der Waals surface area (Å²) in [7, 11) is 0. The van der Waals surface area contributed by atoms with Crippen LogP contribution in [0.2, 0.25) is 0 Å².